The Morgan fingerprint density at radius 2 is 1.81 bits per heavy atom. The predicted octanol–water partition coefficient (Wildman–Crippen LogP) is 5.51. The van der Waals surface area contributed by atoms with Crippen molar-refractivity contribution >= 4 is 23.5 Å². The molecule has 0 aliphatic carbocycles. The Balaban J connectivity index is 1.65. The lowest BCUT2D eigenvalue weighted by molar-refractivity contribution is 0.279. The van der Waals surface area contributed by atoms with Crippen LogP contribution < -0.4 is 14.9 Å². The molecule has 0 radical (unpaired) electrons. The third-order valence-corrected chi connectivity index (χ3v) is 4.03. The van der Waals surface area contributed by atoms with Gasteiger partial charge in [0.1, 0.15) is 12.4 Å². The van der Waals surface area contributed by atoms with Gasteiger partial charge in [-0.1, -0.05) is 29.8 Å². The minimum absolute atomic E-state index is 0.120. The Hall–Kier alpha value is -3.05. The second kappa shape index (κ2) is 9.05. The van der Waals surface area contributed by atoms with E-state index in [4.69, 9.17) is 21.1 Å². The molecule has 0 aliphatic heterocycles. The van der Waals surface area contributed by atoms with E-state index in [1.165, 1.54) is 6.07 Å². The normalized spacial score (nSPS) is 10.8. The van der Waals surface area contributed by atoms with Crippen molar-refractivity contribution in [3.63, 3.8) is 0 Å². The average Bonchev–Trinajstić information content (AvgIpc) is 2.69. The third-order valence-electron chi connectivity index (χ3n) is 3.78. The van der Waals surface area contributed by atoms with Crippen molar-refractivity contribution in [1.29, 1.82) is 0 Å². The Labute approximate surface area is 162 Å². The van der Waals surface area contributed by atoms with Crippen molar-refractivity contribution in [2.75, 3.05) is 12.5 Å². The molecule has 4 nitrogen and oxygen atoms in total. The number of nitrogens with zero attached hydrogens (tertiary/aromatic N) is 1. The molecule has 3 aromatic rings. The fraction of sp³-hybridized carbons (Fsp3) is 0.0952. The van der Waals surface area contributed by atoms with Crippen LogP contribution in [0, 0.1) is 5.82 Å². The molecule has 138 valence electrons. The first-order valence-corrected chi connectivity index (χ1v) is 8.62. The molecule has 0 aliphatic rings. The highest BCUT2D eigenvalue weighted by atomic mass is 35.5. The molecular formula is C21H18ClFN2O2. The third kappa shape index (κ3) is 5.21. The van der Waals surface area contributed by atoms with Crippen molar-refractivity contribution in [2.45, 2.75) is 6.61 Å². The summed E-state index contributed by atoms with van der Waals surface area (Å²) >= 11 is 5.85. The molecule has 0 aromatic heterocycles. The summed E-state index contributed by atoms with van der Waals surface area (Å²) in [6.45, 7) is 0.120. The zero-order valence-electron chi connectivity index (χ0n) is 14.7. The number of ether oxygens (including phenoxy) is 2. The highest BCUT2D eigenvalue weighted by molar-refractivity contribution is 6.30. The van der Waals surface area contributed by atoms with Crippen LogP contribution in [0.4, 0.5) is 10.1 Å². The molecule has 3 aromatic carbocycles. The van der Waals surface area contributed by atoms with Crippen LogP contribution in [0.2, 0.25) is 5.02 Å². The lowest BCUT2D eigenvalue weighted by atomic mass is 10.2. The molecule has 0 atom stereocenters. The summed E-state index contributed by atoms with van der Waals surface area (Å²) in [5.74, 6) is 0.777. The van der Waals surface area contributed by atoms with Gasteiger partial charge >= 0.3 is 0 Å². The van der Waals surface area contributed by atoms with E-state index in [1.54, 1.807) is 55.8 Å². The Bertz CT molecular complexity index is 930. The molecule has 0 fully saturated rings. The van der Waals surface area contributed by atoms with Crippen LogP contribution >= 0.6 is 11.6 Å². The molecular weight excluding hydrogens is 367 g/mol. The summed E-state index contributed by atoms with van der Waals surface area (Å²) in [6.07, 6.45) is 1.66. The van der Waals surface area contributed by atoms with E-state index in [9.17, 15) is 4.39 Å². The number of hydrogen-bond acceptors (Lipinski definition) is 4. The molecule has 6 heteroatoms. The maximum Gasteiger partial charge on any atom is 0.161 e. The van der Waals surface area contributed by atoms with Gasteiger partial charge in [-0.15, -0.1) is 0 Å². The zero-order chi connectivity index (χ0) is 19.1. The van der Waals surface area contributed by atoms with Gasteiger partial charge in [-0.25, -0.2) is 4.39 Å². The van der Waals surface area contributed by atoms with Crippen molar-refractivity contribution in [2.24, 2.45) is 5.10 Å². The Kier molecular flexibility index (Phi) is 6.28. The van der Waals surface area contributed by atoms with Gasteiger partial charge in [0, 0.05) is 10.6 Å². The van der Waals surface area contributed by atoms with E-state index in [0.717, 1.165) is 11.3 Å². The number of hydrazone groups is 1. The molecule has 0 saturated carbocycles. The van der Waals surface area contributed by atoms with Gasteiger partial charge in [0.15, 0.2) is 11.5 Å². The second-order valence-corrected chi connectivity index (χ2v) is 6.10. The number of anilines is 1. The zero-order valence-corrected chi connectivity index (χ0v) is 15.4. The van der Waals surface area contributed by atoms with Gasteiger partial charge < -0.3 is 9.47 Å². The first kappa shape index (κ1) is 18.7. The molecule has 0 amide bonds. The molecule has 1 N–H and O–H groups in total. The van der Waals surface area contributed by atoms with E-state index in [1.807, 2.05) is 18.2 Å². The van der Waals surface area contributed by atoms with Crippen LogP contribution in [0.15, 0.2) is 71.8 Å². The number of halogens is 2. The van der Waals surface area contributed by atoms with E-state index in [2.05, 4.69) is 10.5 Å². The smallest absolute Gasteiger partial charge is 0.161 e. The van der Waals surface area contributed by atoms with Crippen LogP contribution in [0.1, 0.15) is 11.1 Å². The molecule has 0 unspecified atom stereocenters. The quantitative estimate of drug-likeness (QED) is 0.431. The lowest BCUT2D eigenvalue weighted by Crippen LogP contribution is -2.00. The van der Waals surface area contributed by atoms with Crippen LogP contribution in [-0.4, -0.2) is 13.3 Å². The van der Waals surface area contributed by atoms with Crippen LogP contribution in [0.25, 0.3) is 0 Å². The Morgan fingerprint density at radius 3 is 2.56 bits per heavy atom. The SMILES string of the molecule is COc1cc(/C=N/Nc2ccc(Cl)cc2)ccc1OCc1ccccc1F. The summed E-state index contributed by atoms with van der Waals surface area (Å²) in [7, 11) is 1.55. The first-order valence-electron chi connectivity index (χ1n) is 8.24. The molecule has 27 heavy (non-hydrogen) atoms. The fourth-order valence-electron chi connectivity index (χ4n) is 2.36. The van der Waals surface area contributed by atoms with Gasteiger partial charge in [0.2, 0.25) is 0 Å². The maximum atomic E-state index is 13.7. The van der Waals surface area contributed by atoms with Gasteiger partial charge in [0.05, 0.1) is 19.0 Å². The number of methoxy groups -OCH3 is 1. The second-order valence-electron chi connectivity index (χ2n) is 5.67. The van der Waals surface area contributed by atoms with Gasteiger partial charge in [-0.2, -0.15) is 5.10 Å². The number of benzene rings is 3. The fourth-order valence-corrected chi connectivity index (χ4v) is 2.49. The number of hydrogen-bond donors (Lipinski definition) is 1. The molecule has 0 spiro atoms. The summed E-state index contributed by atoms with van der Waals surface area (Å²) in [4.78, 5) is 0. The highest BCUT2D eigenvalue weighted by Gasteiger charge is 2.07. The minimum Gasteiger partial charge on any atom is -0.493 e. The van der Waals surface area contributed by atoms with Gasteiger partial charge in [-0.05, 0) is 54.1 Å². The first-order chi connectivity index (χ1) is 13.2. The van der Waals surface area contributed by atoms with Crippen molar-refractivity contribution in [3.8, 4) is 11.5 Å². The lowest BCUT2D eigenvalue weighted by Gasteiger charge is -2.11. The van der Waals surface area contributed by atoms with E-state index < -0.39 is 0 Å². The van der Waals surface area contributed by atoms with Crippen molar-refractivity contribution in [3.05, 3.63) is 88.7 Å². The monoisotopic (exact) mass is 384 g/mol. The molecule has 0 bridgehead atoms. The maximum absolute atomic E-state index is 13.7. The van der Waals surface area contributed by atoms with Crippen molar-refractivity contribution < 1.29 is 13.9 Å². The summed E-state index contributed by atoms with van der Waals surface area (Å²) in [6, 6.07) is 19.1. The highest BCUT2D eigenvalue weighted by Crippen LogP contribution is 2.28. The minimum atomic E-state index is -0.298. The van der Waals surface area contributed by atoms with Crippen LogP contribution in [0.3, 0.4) is 0 Å². The summed E-state index contributed by atoms with van der Waals surface area (Å²) in [5, 5.41) is 4.85. The van der Waals surface area contributed by atoms with Gasteiger partial charge in [-0.3, -0.25) is 5.43 Å². The molecule has 0 heterocycles. The van der Waals surface area contributed by atoms with Crippen LogP contribution in [-0.2, 0) is 6.61 Å². The van der Waals surface area contributed by atoms with Crippen LogP contribution in [0.5, 0.6) is 11.5 Å². The van der Waals surface area contributed by atoms with E-state index in [0.29, 0.717) is 22.1 Å². The Morgan fingerprint density at radius 1 is 1.04 bits per heavy atom. The standard InChI is InChI=1S/C21H18ClFN2O2/c1-26-21-12-15(13-24-25-18-9-7-17(22)8-10-18)6-11-20(21)27-14-16-4-2-3-5-19(16)23/h2-13,25H,14H2,1H3/b24-13+. The van der Waals surface area contributed by atoms with E-state index in [-0.39, 0.29) is 12.4 Å². The number of rotatable bonds is 7. The predicted molar refractivity (Wildman–Crippen MR) is 106 cm³/mol. The molecule has 3 rings (SSSR count). The largest absolute Gasteiger partial charge is 0.493 e. The van der Waals surface area contributed by atoms with E-state index >= 15 is 0 Å². The van der Waals surface area contributed by atoms with Crippen molar-refractivity contribution in [1.82, 2.24) is 0 Å². The summed E-state index contributed by atoms with van der Waals surface area (Å²) < 4.78 is 24.8. The van der Waals surface area contributed by atoms with Gasteiger partial charge in [0.25, 0.3) is 0 Å². The average molecular weight is 385 g/mol. The molecule has 0 saturated heterocycles. The topological polar surface area (TPSA) is 42.8 Å². The number of nitrogens with one attached hydrogen (secondary N) is 1. The summed E-state index contributed by atoms with van der Waals surface area (Å²) in [5.41, 5.74) is 5.06.